The van der Waals surface area contributed by atoms with Crippen molar-refractivity contribution >= 4 is 12.3 Å². The van der Waals surface area contributed by atoms with Crippen LogP contribution in [0.1, 0.15) is 122 Å². The molecule has 7 fully saturated rings. The second kappa shape index (κ2) is 13.4. The number of nitrogens with one attached hydrogen (secondary N) is 1. The molecule has 0 amide bonds. The molecule has 1 spiro atoms. The third kappa shape index (κ3) is 4.74. The van der Waals surface area contributed by atoms with Gasteiger partial charge in [-0.1, -0.05) is 45.1 Å². The lowest BCUT2D eigenvalue weighted by molar-refractivity contribution is -0.349. The molecule has 55 heavy (non-hydrogen) atoms. The molecule has 6 N–H and O–H groups in total. The van der Waals surface area contributed by atoms with E-state index in [1.165, 1.54) is 25.7 Å². The highest BCUT2D eigenvalue weighted by Crippen LogP contribution is 2.81. The van der Waals surface area contributed by atoms with Gasteiger partial charge in [0.1, 0.15) is 11.9 Å². The number of carbonyl (C=O) groups is 2. The Kier molecular flexibility index (Phi) is 9.49. The number of carbonyl (C=O) groups excluding carboxylic acids is 2. The highest BCUT2D eigenvalue weighted by molar-refractivity contribution is 5.89. The van der Waals surface area contributed by atoms with Crippen LogP contribution in [-0.4, -0.2) is 99.7 Å². The van der Waals surface area contributed by atoms with Crippen LogP contribution < -0.4 is 5.32 Å². The number of aliphatic hydroxyl groups is 5. The Morgan fingerprint density at radius 1 is 0.982 bits per heavy atom. The van der Waals surface area contributed by atoms with Crippen LogP contribution in [0.4, 0.5) is 0 Å². The van der Waals surface area contributed by atoms with Gasteiger partial charge in [-0.3, -0.25) is 0 Å². The SMILES string of the molecule is COCCCNCC1=C[C@@H]2C[C@@]3(O)[C@]4(CCCC[C@@]15OC(=O)C=C5[C@@]24CO)CC[C@H]1[C@@]3(O)C[C@@H]2C[C@H]([C@@H](C)C3CCCC3)CC[C@H]3[C@@H](O)CC[C@@]1(C=O)[C@]23O. The summed E-state index contributed by atoms with van der Waals surface area (Å²) in [6.07, 6.45) is 16.3. The first-order chi connectivity index (χ1) is 26.4. The summed E-state index contributed by atoms with van der Waals surface area (Å²) in [7, 11) is 1.68. The summed E-state index contributed by atoms with van der Waals surface area (Å²) in [5.74, 6) is -1.19. The number of methoxy groups -OCH3 is 1. The standard InChI is InChI=1S/C45H67NO9/c1-28(29-8-3-4-9-29)30-10-11-34-35(49)12-16-39(26-47)36-13-17-40-14-5-6-15-42-33(25-46-18-7-19-54-2)21-31(41(40,27-48)37(42)22-38(50)55-42)24-44(40,52)43(36,51)23-32(20-30)45(34,39)53/h21-22,26,28-32,34-36,46,48-49,51-53H,3-20,23-25,27H2,1-2H3/t28-,30+,31+,32-,34-,35-,36+,39-,40+,41+,42+,43-,44+,45-/m0/s1. The highest BCUT2D eigenvalue weighted by Gasteiger charge is 2.86. The van der Waals surface area contributed by atoms with Crippen molar-refractivity contribution in [3.05, 3.63) is 23.3 Å². The maximum absolute atomic E-state index is 14.1. The lowest BCUT2D eigenvalue weighted by atomic mass is 9.34. The van der Waals surface area contributed by atoms with Crippen LogP contribution in [0, 0.1) is 57.7 Å². The van der Waals surface area contributed by atoms with Gasteiger partial charge < -0.3 is 45.1 Å². The van der Waals surface area contributed by atoms with E-state index in [9.17, 15) is 35.1 Å². The monoisotopic (exact) mass is 765 g/mol. The minimum atomic E-state index is -1.75. The van der Waals surface area contributed by atoms with Gasteiger partial charge in [-0.15, -0.1) is 0 Å². The summed E-state index contributed by atoms with van der Waals surface area (Å²) < 4.78 is 11.7. The Bertz CT molecular complexity index is 1610. The lowest BCUT2D eigenvalue weighted by Gasteiger charge is -2.73. The quantitative estimate of drug-likeness (QED) is 0.0806. The molecule has 0 aromatic heterocycles. The van der Waals surface area contributed by atoms with E-state index >= 15 is 0 Å². The smallest absolute Gasteiger partial charge is 0.332 e. The van der Waals surface area contributed by atoms with E-state index in [1.807, 2.05) is 0 Å². The second-order valence-electron chi connectivity index (χ2n) is 20.2. The number of fused-ring (bicyclic) bond motifs is 3. The molecule has 10 nitrogen and oxygen atoms in total. The summed E-state index contributed by atoms with van der Waals surface area (Å²) in [6, 6.07) is 0. The van der Waals surface area contributed by atoms with Gasteiger partial charge in [-0.05, 0) is 131 Å². The number of aliphatic hydroxyl groups excluding tert-OH is 2. The molecule has 0 aromatic rings. The molecular formula is C45H67NO9. The number of ether oxygens (including phenoxy) is 2. The fraction of sp³-hybridized carbons (Fsp3) is 0.867. The van der Waals surface area contributed by atoms with Gasteiger partial charge in [0.15, 0.2) is 5.60 Å². The molecule has 14 atom stereocenters. The van der Waals surface area contributed by atoms with Crippen molar-refractivity contribution < 1.29 is 44.6 Å². The van der Waals surface area contributed by atoms with Gasteiger partial charge in [0, 0.05) is 49.0 Å². The first kappa shape index (κ1) is 38.8. The normalized spacial score (nSPS) is 50.6. The zero-order valence-corrected chi connectivity index (χ0v) is 33.3. The molecule has 2 bridgehead atoms. The van der Waals surface area contributed by atoms with Crippen molar-refractivity contribution in [2.24, 2.45) is 57.7 Å². The molecule has 10 heteroatoms. The van der Waals surface area contributed by atoms with E-state index in [0.29, 0.717) is 76.5 Å². The Morgan fingerprint density at radius 2 is 1.76 bits per heavy atom. The van der Waals surface area contributed by atoms with Crippen molar-refractivity contribution in [2.45, 2.75) is 151 Å². The third-order valence-electron chi connectivity index (χ3n) is 18.9. The Hall–Kier alpha value is -1.66. The average molecular weight is 766 g/mol. The molecule has 1 aliphatic heterocycles. The molecule has 9 rings (SSSR count). The van der Waals surface area contributed by atoms with Gasteiger partial charge >= 0.3 is 5.97 Å². The number of aldehydes is 1. The third-order valence-corrected chi connectivity index (χ3v) is 18.9. The van der Waals surface area contributed by atoms with Gasteiger partial charge in [0.25, 0.3) is 0 Å². The van der Waals surface area contributed by atoms with Crippen molar-refractivity contribution in [2.75, 3.05) is 33.4 Å². The molecule has 8 aliphatic carbocycles. The fourth-order valence-corrected chi connectivity index (χ4v) is 16.6. The van der Waals surface area contributed by atoms with Crippen molar-refractivity contribution in [3.8, 4) is 0 Å². The molecule has 9 aliphatic rings. The number of hydrogen-bond donors (Lipinski definition) is 6. The molecular weight excluding hydrogens is 698 g/mol. The van der Waals surface area contributed by atoms with Crippen LogP contribution in [-0.2, 0) is 19.1 Å². The largest absolute Gasteiger partial charge is 0.447 e. The molecule has 7 saturated carbocycles. The first-order valence-electron chi connectivity index (χ1n) is 22.2. The van der Waals surface area contributed by atoms with Crippen molar-refractivity contribution in [3.63, 3.8) is 0 Å². The zero-order valence-electron chi connectivity index (χ0n) is 33.3. The van der Waals surface area contributed by atoms with E-state index < -0.39 is 68.5 Å². The maximum atomic E-state index is 14.1. The van der Waals surface area contributed by atoms with E-state index in [1.54, 1.807) is 13.2 Å². The van der Waals surface area contributed by atoms with E-state index in [0.717, 1.165) is 43.1 Å². The second-order valence-corrected chi connectivity index (χ2v) is 20.2. The van der Waals surface area contributed by atoms with E-state index in [2.05, 4.69) is 18.3 Å². The topological polar surface area (TPSA) is 166 Å². The minimum absolute atomic E-state index is 0.143. The molecule has 1 heterocycles. The Balaban J connectivity index is 1.18. The Morgan fingerprint density at radius 3 is 2.51 bits per heavy atom. The average Bonchev–Trinajstić information content (AvgIpc) is 3.84. The van der Waals surface area contributed by atoms with Gasteiger partial charge in [0.05, 0.1) is 29.3 Å². The minimum Gasteiger partial charge on any atom is -0.447 e. The van der Waals surface area contributed by atoms with E-state index in [-0.39, 0.29) is 37.7 Å². The first-order valence-corrected chi connectivity index (χ1v) is 22.2. The molecule has 0 aromatic carbocycles. The lowest BCUT2D eigenvalue weighted by Crippen LogP contribution is -2.81. The van der Waals surface area contributed by atoms with Crippen LogP contribution in [0.25, 0.3) is 0 Å². The predicted molar refractivity (Wildman–Crippen MR) is 204 cm³/mol. The predicted octanol–water partition coefficient (Wildman–Crippen LogP) is 4.54. The van der Waals surface area contributed by atoms with Crippen molar-refractivity contribution in [1.29, 1.82) is 0 Å². The van der Waals surface area contributed by atoms with Gasteiger partial charge in [-0.2, -0.15) is 0 Å². The maximum Gasteiger partial charge on any atom is 0.332 e. The summed E-state index contributed by atoms with van der Waals surface area (Å²) >= 11 is 0. The summed E-state index contributed by atoms with van der Waals surface area (Å²) in [6.45, 7) is 3.89. The van der Waals surface area contributed by atoms with Crippen LogP contribution in [0.2, 0.25) is 0 Å². The van der Waals surface area contributed by atoms with Gasteiger partial charge in [0.2, 0.25) is 0 Å². The van der Waals surface area contributed by atoms with Crippen LogP contribution in [0.3, 0.4) is 0 Å². The van der Waals surface area contributed by atoms with Gasteiger partial charge in [-0.25, -0.2) is 4.79 Å². The van der Waals surface area contributed by atoms with Crippen molar-refractivity contribution in [1.82, 2.24) is 5.32 Å². The summed E-state index contributed by atoms with van der Waals surface area (Å²) in [5.41, 5.74) is -7.70. The summed E-state index contributed by atoms with van der Waals surface area (Å²) in [5, 5.41) is 68.6. The molecule has 306 valence electrons. The Labute approximate surface area is 326 Å². The molecule has 0 radical (unpaired) electrons. The molecule has 0 saturated heterocycles. The number of esters is 1. The van der Waals surface area contributed by atoms with Crippen LogP contribution in [0.15, 0.2) is 23.3 Å². The number of allylic oxidation sites excluding steroid dienone is 1. The fourth-order valence-electron chi connectivity index (χ4n) is 16.6. The number of hydrogen-bond acceptors (Lipinski definition) is 10. The van der Waals surface area contributed by atoms with E-state index in [4.69, 9.17) is 9.47 Å². The summed E-state index contributed by atoms with van der Waals surface area (Å²) in [4.78, 5) is 27.6. The van der Waals surface area contributed by atoms with Crippen LogP contribution >= 0.6 is 0 Å². The zero-order chi connectivity index (χ0) is 38.6. The highest BCUT2D eigenvalue weighted by atomic mass is 16.6. The van der Waals surface area contributed by atoms with Crippen LogP contribution in [0.5, 0.6) is 0 Å². The molecule has 0 unspecified atom stereocenters. The number of rotatable bonds is 10.